The summed E-state index contributed by atoms with van der Waals surface area (Å²) in [4.78, 5) is 12.6. The Bertz CT molecular complexity index is 679. The molecule has 3 heterocycles. The van der Waals surface area contributed by atoms with Gasteiger partial charge in [-0.1, -0.05) is 17.8 Å². The van der Waals surface area contributed by atoms with Gasteiger partial charge in [-0.15, -0.1) is 6.58 Å². The Kier molecular flexibility index (Phi) is 4.41. The number of rotatable bonds is 5. The van der Waals surface area contributed by atoms with Gasteiger partial charge in [0.1, 0.15) is 35.2 Å². The Morgan fingerprint density at radius 2 is 2.14 bits per heavy atom. The van der Waals surface area contributed by atoms with E-state index in [4.69, 9.17) is 9.84 Å². The van der Waals surface area contributed by atoms with Gasteiger partial charge in [0.2, 0.25) is 0 Å². The van der Waals surface area contributed by atoms with Crippen molar-refractivity contribution in [2.75, 3.05) is 12.4 Å². The lowest BCUT2D eigenvalue weighted by Gasteiger charge is -2.16. The average Bonchev–Trinajstić information content (AvgIpc) is 3.08. The van der Waals surface area contributed by atoms with Crippen molar-refractivity contribution in [3.8, 4) is 0 Å². The third-order valence-electron chi connectivity index (χ3n) is 3.45. The summed E-state index contributed by atoms with van der Waals surface area (Å²) in [6, 6.07) is 0. The van der Waals surface area contributed by atoms with E-state index in [9.17, 15) is 10.2 Å². The Hall–Kier alpha value is -1.52. The van der Waals surface area contributed by atoms with E-state index >= 15 is 0 Å². The number of aliphatic hydroxyl groups excluding tert-OH is 3. The summed E-state index contributed by atoms with van der Waals surface area (Å²) in [5.41, 5.74) is 1.09. The fourth-order valence-corrected chi connectivity index (χ4v) is 3.05. The smallest absolute Gasteiger partial charge is 0.166 e. The topological polar surface area (TPSA) is 114 Å². The van der Waals surface area contributed by atoms with Crippen molar-refractivity contribution in [3.05, 3.63) is 25.3 Å². The van der Waals surface area contributed by atoms with Crippen molar-refractivity contribution in [1.82, 2.24) is 19.5 Å². The van der Waals surface area contributed by atoms with Crippen molar-refractivity contribution in [2.24, 2.45) is 0 Å². The number of hydrogen-bond acceptors (Lipinski definition) is 8. The molecule has 1 saturated heterocycles. The number of thioether (sulfide) groups is 1. The van der Waals surface area contributed by atoms with Crippen LogP contribution in [-0.2, 0) is 4.74 Å². The van der Waals surface area contributed by atoms with E-state index in [1.54, 1.807) is 10.6 Å². The number of aliphatic hydroxyl groups is 3. The molecule has 0 aromatic carbocycles. The van der Waals surface area contributed by atoms with Crippen LogP contribution in [0.2, 0.25) is 0 Å². The molecule has 1 aliphatic heterocycles. The molecule has 0 amide bonds. The summed E-state index contributed by atoms with van der Waals surface area (Å²) >= 11 is 1.47. The number of hydrogen-bond donors (Lipinski definition) is 3. The van der Waals surface area contributed by atoms with E-state index in [0.29, 0.717) is 21.9 Å². The van der Waals surface area contributed by atoms with Gasteiger partial charge in [0.25, 0.3) is 0 Å². The zero-order valence-electron chi connectivity index (χ0n) is 11.6. The molecule has 0 unspecified atom stereocenters. The fourth-order valence-electron chi connectivity index (χ4n) is 2.37. The van der Waals surface area contributed by atoms with Crippen LogP contribution >= 0.6 is 11.8 Å². The van der Waals surface area contributed by atoms with Gasteiger partial charge in [-0.05, 0) is 0 Å². The fraction of sp³-hybridized carbons (Fsp3) is 0.462. The molecule has 0 radical (unpaired) electrons. The predicted octanol–water partition coefficient (Wildman–Crippen LogP) is -0.284. The van der Waals surface area contributed by atoms with Crippen LogP contribution in [0, 0.1) is 0 Å². The maximum absolute atomic E-state index is 10.1. The number of ether oxygens (including phenoxy) is 1. The van der Waals surface area contributed by atoms with E-state index in [2.05, 4.69) is 21.5 Å². The van der Waals surface area contributed by atoms with Gasteiger partial charge in [0.05, 0.1) is 12.9 Å². The molecule has 1 aliphatic rings. The second kappa shape index (κ2) is 6.31. The summed E-state index contributed by atoms with van der Waals surface area (Å²) in [7, 11) is 0. The second-order valence-electron chi connectivity index (χ2n) is 4.83. The lowest BCUT2D eigenvalue weighted by atomic mass is 10.1. The van der Waals surface area contributed by atoms with E-state index < -0.39 is 24.5 Å². The van der Waals surface area contributed by atoms with Crippen molar-refractivity contribution < 1.29 is 20.1 Å². The molecular weight excluding hydrogens is 308 g/mol. The molecular formula is C13H16N4O4S. The zero-order valence-corrected chi connectivity index (χ0v) is 12.4. The third-order valence-corrected chi connectivity index (χ3v) is 4.43. The Balaban J connectivity index is 1.97. The highest BCUT2D eigenvalue weighted by Gasteiger charge is 2.43. The van der Waals surface area contributed by atoms with Crippen LogP contribution < -0.4 is 0 Å². The maximum atomic E-state index is 10.1. The first-order chi connectivity index (χ1) is 10.7. The monoisotopic (exact) mass is 324 g/mol. The number of fused-ring (bicyclic) bond motifs is 1. The summed E-state index contributed by atoms with van der Waals surface area (Å²) < 4.78 is 7.04. The Labute approximate surface area is 130 Å². The number of nitrogens with zero attached hydrogens (tertiary/aromatic N) is 4. The SMILES string of the molecule is C=CCSc1ncnc2c1ncn2[C@H]1O[C@@H](CO)[C@@H](O)[C@@H]1O. The van der Waals surface area contributed by atoms with Crippen LogP contribution in [0.5, 0.6) is 0 Å². The predicted molar refractivity (Wildman–Crippen MR) is 79.3 cm³/mol. The van der Waals surface area contributed by atoms with Gasteiger partial charge < -0.3 is 20.1 Å². The molecule has 9 heteroatoms. The molecule has 8 nitrogen and oxygen atoms in total. The molecule has 22 heavy (non-hydrogen) atoms. The molecule has 3 N–H and O–H groups in total. The van der Waals surface area contributed by atoms with Crippen molar-refractivity contribution in [1.29, 1.82) is 0 Å². The lowest BCUT2D eigenvalue weighted by molar-refractivity contribution is -0.0511. The van der Waals surface area contributed by atoms with Gasteiger partial charge in [0.15, 0.2) is 11.9 Å². The first-order valence-electron chi connectivity index (χ1n) is 6.71. The molecule has 1 fully saturated rings. The van der Waals surface area contributed by atoms with E-state index in [0.717, 1.165) is 0 Å². The van der Waals surface area contributed by atoms with Gasteiger partial charge in [-0.25, -0.2) is 15.0 Å². The van der Waals surface area contributed by atoms with Crippen LogP contribution in [0.3, 0.4) is 0 Å². The summed E-state index contributed by atoms with van der Waals surface area (Å²) in [5, 5.41) is 29.8. The van der Waals surface area contributed by atoms with Crippen LogP contribution in [0.15, 0.2) is 30.3 Å². The molecule has 2 aromatic rings. The van der Waals surface area contributed by atoms with Gasteiger partial charge in [0, 0.05) is 5.75 Å². The minimum atomic E-state index is -1.17. The van der Waals surface area contributed by atoms with Crippen LogP contribution in [0.25, 0.3) is 11.2 Å². The molecule has 0 spiro atoms. The summed E-state index contributed by atoms with van der Waals surface area (Å²) in [5.74, 6) is 0.687. The van der Waals surface area contributed by atoms with Crippen LogP contribution in [0.4, 0.5) is 0 Å². The van der Waals surface area contributed by atoms with E-state index in [1.807, 2.05) is 0 Å². The average molecular weight is 324 g/mol. The largest absolute Gasteiger partial charge is 0.394 e. The highest BCUT2D eigenvalue weighted by atomic mass is 32.2. The minimum Gasteiger partial charge on any atom is -0.394 e. The number of aromatic nitrogens is 4. The van der Waals surface area contributed by atoms with Gasteiger partial charge >= 0.3 is 0 Å². The normalized spacial score (nSPS) is 28.3. The molecule has 0 aliphatic carbocycles. The van der Waals surface area contributed by atoms with Crippen molar-refractivity contribution >= 4 is 22.9 Å². The van der Waals surface area contributed by atoms with Gasteiger partial charge in [-0.2, -0.15) is 0 Å². The quantitative estimate of drug-likeness (QED) is 0.391. The third kappa shape index (κ3) is 2.50. The van der Waals surface area contributed by atoms with Crippen LogP contribution in [0.1, 0.15) is 6.23 Å². The first kappa shape index (κ1) is 15.4. The second-order valence-corrected chi connectivity index (χ2v) is 5.84. The van der Waals surface area contributed by atoms with E-state index in [1.165, 1.54) is 24.4 Å². The van der Waals surface area contributed by atoms with E-state index in [-0.39, 0.29) is 6.61 Å². The van der Waals surface area contributed by atoms with Gasteiger partial charge in [-0.3, -0.25) is 4.57 Å². The first-order valence-corrected chi connectivity index (χ1v) is 7.69. The highest BCUT2D eigenvalue weighted by molar-refractivity contribution is 7.99. The lowest BCUT2D eigenvalue weighted by Crippen LogP contribution is -2.33. The highest BCUT2D eigenvalue weighted by Crippen LogP contribution is 2.32. The minimum absolute atomic E-state index is 0.378. The molecule has 0 bridgehead atoms. The number of imidazole rings is 1. The molecule has 3 rings (SSSR count). The molecule has 0 saturated carbocycles. The summed E-state index contributed by atoms with van der Waals surface area (Å²) in [6.45, 7) is 3.29. The molecule has 2 aromatic heterocycles. The Morgan fingerprint density at radius 3 is 2.82 bits per heavy atom. The molecule has 4 atom stereocenters. The zero-order chi connectivity index (χ0) is 15.7. The maximum Gasteiger partial charge on any atom is 0.166 e. The van der Waals surface area contributed by atoms with Crippen molar-refractivity contribution in [3.63, 3.8) is 0 Å². The van der Waals surface area contributed by atoms with Crippen molar-refractivity contribution in [2.45, 2.75) is 29.6 Å². The summed E-state index contributed by atoms with van der Waals surface area (Å²) in [6.07, 6.45) is 0.628. The van der Waals surface area contributed by atoms with Crippen LogP contribution in [-0.4, -0.2) is 65.5 Å². The Morgan fingerprint density at radius 1 is 1.32 bits per heavy atom. The molecule has 118 valence electrons. The standard InChI is InChI=1S/C13H16N4O4S/c1-2-3-22-12-8-11(14-5-15-12)17(6-16-8)13-10(20)9(19)7(4-18)21-13/h2,5-7,9-10,13,18-20H,1,3-4H2/t7-,9+,10-,13-/m0/s1.